The molecule has 110 valence electrons. The Hall–Kier alpha value is -2.41. The molecule has 1 rings (SSSR count). The first kappa shape index (κ1) is 17.6. The normalized spacial score (nSPS) is 8.95. The fourth-order valence-electron chi connectivity index (χ4n) is 1.12. The van der Waals surface area contributed by atoms with Crippen LogP contribution in [0.5, 0.6) is 0 Å². The smallest absolute Gasteiger partial charge is 0.338 e. The Balaban J connectivity index is 0.000000511. The van der Waals surface area contributed by atoms with E-state index in [0.717, 1.165) is 0 Å². The number of carbonyl (C=O) groups excluding carboxylic acids is 2. The van der Waals surface area contributed by atoms with Crippen LogP contribution < -0.4 is 0 Å². The van der Waals surface area contributed by atoms with Crippen LogP contribution in [-0.2, 0) is 14.3 Å². The molecule has 2 N–H and O–H groups in total. The van der Waals surface area contributed by atoms with Crippen molar-refractivity contribution in [1.29, 1.82) is 0 Å². The number of aliphatic hydroxyl groups is 1. The van der Waals surface area contributed by atoms with Crippen LogP contribution in [0.3, 0.4) is 0 Å². The minimum absolute atomic E-state index is 0.0362. The number of aliphatic hydroxyl groups excluding tert-OH is 1. The van der Waals surface area contributed by atoms with Crippen LogP contribution in [0.15, 0.2) is 24.3 Å². The molecule has 0 aromatic heterocycles. The standard InChI is InChI=1S/C10H10O4.C3H6O3/c1-2-14-10(13)8-6-4-3-5-7(8)9(11)12;1-6-3(5)2-4/h3-6H,2H2,1H3,(H,11,12);4H,2H2,1H3. The largest absolute Gasteiger partial charge is 0.478 e. The molecule has 0 saturated heterocycles. The zero-order valence-corrected chi connectivity index (χ0v) is 11.2. The van der Waals surface area contributed by atoms with Crippen molar-refractivity contribution < 1.29 is 34.1 Å². The molecule has 7 heteroatoms. The average Bonchev–Trinajstić information content (AvgIpc) is 2.47. The van der Waals surface area contributed by atoms with Crippen LogP contribution >= 0.6 is 0 Å². The van der Waals surface area contributed by atoms with Gasteiger partial charge < -0.3 is 19.7 Å². The van der Waals surface area contributed by atoms with Crippen molar-refractivity contribution >= 4 is 17.9 Å². The van der Waals surface area contributed by atoms with Crippen molar-refractivity contribution in [1.82, 2.24) is 0 Å². The molecule has 0 unspecified atom stereocenters. The number of aromatic carboxylic acids is 1. The fourth-order valence-corrected chi connectivity index (χ4v) is 1.12. The van der Waals surface area contributed by atoms with Crippen molar-refractivity contribution in [2.75, 3.05) is 20.3 Å². The van der Waals surface area contributed by atoms with E-state index in [-0.39, 0.29) is 17.7 Å². The van der Waals surface area contributed by atoms with E-state index < -0.39 is 24.5 Å². The minimum Gasteiger partial charge on any atom is -0.478 e. The number of hydrogen-bond acceptors (Lipinski definition) is 6. The van der Waals surface area contributed by atoms with E-state index in [0.29, 0.717) is 0 Å². The summed E-state index contributed by atoms with van der Waals surface area (Å²) in [6.07, 6.45) is 0. The van der Waals surface area contributed by atoms with E-state index in [1.165, 1.54) is 19.2 Å². The van der Waals surface area contributed by atoms with Gasteiger partial charge >= 0.3 is 17.9 Å². The summed E-state index contributed by atoms with van der Waals surface area (Å²) in [5, 5.41) is 16.6. The van der Waals surface area contributed by atoms with Gasteiger partial charge in [0, 0.05) is 0 Å². The topological polar surface area (TPSA) is 110 Å². The first-order valence-corrected chi connectivity index (χ1v) is 5.65. The zero-order valence-electron chi connectivity index (χ0n) is 11.2. The fraction of sp³-hybridized carbons (Fsp3) is 0.308. The lowest BCUT2D eigenvalue weighted by Crippen LogP contribution is -2.11. The molecule has 0 radical (unpaired) electrons. The first-order chi connectivity index (χ1) is 9.47. The van der Waals surface area contributed by atoms with Gasteiger partial charge in [-0.05, 0) is 19.1 Å². The third-order valence-corrected chi connectivity index (χ3v) is 2.01. The summed E-state index contributed by atoms with van der Waals surface area (Å²) in [5.41, 5.74) is 0.0489. The molecule has 0 atom stereocenters. The van der Waals surface area contributed by atoms with E-state index in [9.17, 15) is 14.4 Å². The zero-order chi connectivity index (χ0) is 15.5. The van der Waals surface area contributed by atoms with Crippen molar-refractivity contribution in [3.05, 3.63) is 35.4 Å². The SMILES string of the molecule is CCOC(=O)c1ccccc1C(=O)O.COC(=O)CO. The molecule has 0 saturated carbocycles. The highest BCUT2D eigenvalue weighted by Crippen LogP contribution is 2.09. The van der Waals surface area contributed by atoms with Crippen LogP contribution in [0.4, 0.5) is 0 Å². The molecule has 20 heavy (non-hydrogen) atoms. The Morgan fingerprint density at radius 1 is 1.15 bits per heavy atom. The molecule has 0 amide bonds. The van der Waals surface area contributed by atoms with Gasteiger partial charge in [-0.2, -0.15) is 0 Å². The van der Waals surface area contributed by atoms with Crippen molar-refractivity contribution in [3.63, 3.8) is 0 Å². The van der Waals surface area contributed by atoms with Gasteiger partial charge in [-0.1, -0.05) is 12.1 Å². The predicted octanol–water partition coefficient (Wildman–Crippen LogP) is 0.713. The second-order valence-electron chi connectivity index (χ2n) is 3.31. The molecule has 7 nitrogen and oxygen atoms in total. The summed E-state index contributed by atoms with van der Waals surface area (Å²) in [6.45, 7) is 1.37. The van der Waals surface area contributed by atoms with Crippen LogP contribution in [0, 0.1) is 0 Å². The van der Waals surface area contributed by atoms with Gasteiger partial charge in [-0.3, -0.25) is 0 Å². The Morgan fingerprint density at radius 3 is 2.05 bits per heavy atom. The highest BCUT2D eigenvalue weighted by molar-refractivity contribution is 6.02. The molecule has 0 aliphatic heterocycles. The highest BCUT2D eigenvalue weighted by atomic mass is 16.5. The van der Waals surface area contributed by atoms with Gasteiger partial charge in [0.1, 0.15) is 6.61 Å². The lowest BCUT2D eigenvalue weighted by Gasteiger charge is -2.04. The van der Waals surface area contributed by atoms with Crippen molar-refractivity contribution in [3.8, 4) is 0 Å². The van der Waals surface area contributed by atoms with Crippen molar-refractivity contribution in [2.24, 2.45) is 0 Å². The lowest BCUT2D eigenvalue weighted by atomic mass is 10.1. The summed E-state index contributed by atoms with van der Waals surface area (Å²) >= 11 is 0. The monoisotopic (exact) mass is 284 g/mol. The molecule has 0 bridgehead atoms. The number of esters is 2. The van der Waals surface area contributed by atoms with Gasteiger partial charge in [-0.15, -0.1) is 0 Å². The summed E-state index contributed by atoms with van der Waals surface area (Å²) in [6, 6.07) is 5.96. The van der Waals surface area contributed by atoms with E-state index in [1.807, 2.05) is 0 Å². The Bertz CT molecular complexity index is 462. The molecular formula is C13H16O7. The molecule has 0 aliphatic rings. The number of ether oxygens (including phenoxy) is 2. The highest BCUT2D eigenvalue weighted by Gasteiger charge is 2.15. The molecule has 1 aromatic rings. The number of carbonyl (C=O) groups is 3. The first-order valence-electron chi connectivity index (χ1n) is 5.65. The molecular weight excluding hydrogens is 268 g/mol. The summed E-state index contributed by atoms with van der Waals surface area (Å²) < 4.78 is 8.73. The van der Waals surface area contributed by atoms with Crippen LogP contribution in [-0.4, -0.2) is 48.4 Å². The Kier molecular flexibility index (Phi) is 8.36. The number of carboxylic acid groups (broad SMARTS) is 1. The second kappa shape index (κ2) is 9.51. The third kappa shape index (κ3) is 5.96. The minimum atomic E-state index is -1.13. The van der Waals surface area contributed by atoms with E-state index in [2.05, 4.69) is 4.74 Å². The number of carboxylic acids is 1. The van der Waals surface area contributed by atoms with E-state index >= 15 is 0 Å². The second-order valence-corrected chi connectivity index (χ2v) is 3.31. The maximum absolute atomic E-state index is 11.3. The number of benzene rings is 1. The Labute approximate surface area is 115 Å². The van der Waals surface area contributed by atoms with E-state index in [4.69, 9.17) is 14.9 Å². The maximum atomic E-state index is 11.3. The molecule has 0 spiro atoms. The lowest BCUT2D eigenvalue weighted by molar-refractivity contribution is -0.143. The van der Waals surface area contributed by atoms with Crippen molar-refractivity contribution in [2.45, 2.75) is 6.92 Å². The predicted molar refractivity (Wildman–Crippen MR) is 68.5 cm³/mol. The quantitative estimate of drug-likeness (QED) is 0.783. The molecule has 0 fully saturated rings. The third-order valence-electron chi connectivity index (χ3n) is 2.01. The molecule has 0 aliphatic carbocycles. The van der Waals surface area contributed by atoms with Gasteiger partial charge in [0.15, 0.2) is 0 Å². The Morgan fingerprint density at radius 2 is 1.70 bits per heavy atom. The number of methoxy groups -OCH3 is 1. The van der Waals surface area contributed by atoms with Crippen LogP contribution in [0.1, 0.15) is 27.6 Å². The number of rotatable bonds is 4. The van der Waals surface area contributed by atoms with Crippen LogP contribution in [0.25, 0.3) is 0 Å². The van der Waals surface area contributed by atoms with Gasteiger partial charge in [0.05, 0.1) is 24.8 Å². The van der Waals surface area contributed by atoms with Gasteiger partial charge in [0.25, 0.3) is 0 Å². The number of hydrogen-bond donors (Lipinski definition) is 2. The molecule has 1 aromatic carbocycles. The van der Waals surface area contributed by atoms with Gasteiger partial charge in [-0.25, -0.2) is 14.4 Å². The van der Waals surface area contributed by atoms with Crippen LogP contribution in [0.2, 0.25) is 0 Å². The van der Waals surface area contributed by atoms with Gasteiger partial charge in [0.2, 0.25) is 0 Å². The summed E-state index contributed by atoms with van der Waals surface area (Å²) in [7, 11) is 1.22. The van der Waals surface area contributed by atoms with E-state index in [1.54, 1.807) is 19.1 Å². The maximum Gasteiger partial charge on any atom is 0.338 e. The average molecular weight is 284 g/mol. The summed E-state index contributed by atoms with van der Waals surface area (Å²) in [5.74, 6) is -2.34. The summed E-state index contributed by atoms with van der Waals surface area (Å²) in [4.78, 5) is 31.7. The molecule has 0 heterocycles.